The third-order valence-electron chi connectivity index (χ3n) is 3.21. The first-order chi connectivity index (χ1) is 9.46. The SMILES string of the molecule is O=C(NCCc1ccccc1Br)NC1CCS(=O)(=O)C1. The Morgan fingerprint density at radius 2 is 2.10 bits per heavy atom. The van der Waals surface area contributed by atoms with Crippen molar-refractivity contribution >= 4 is 31.8 Å². The fourth-order valence-corrected chi connectivity index (χ4v) is 4.31. The van der Waals surface area contributed by atoms with Crippen LogP contribution in [0.1, 0.15) is 12.0 Å². The van der Waals surface area contributed by atoms with Crippen molar-refractivity contribution in [2.75, 3.05) is 18.1 Å². The fourth-order valence-electron chi connectivity index (χ4n) is 2.16. The summed E-state index contributed by atoms with van der Waals surface area (Å²) >= 11 is 3.45. The van der Waals surface area contributed by atoms with Gasteiger partial charge in [-0.2, -0.15) is 0 Å². The molecule has 0 bridgehead atoms. The van der Waals surface area contributed by atoms with E-state index in [1.54, 1.807) is 0 Å². The molecule has 1 fully saturated rings. The Labute approximate surface area is 127 Å². The van der Waals surface area contributed by atoms with Crippen LogP contribution in [-0.2, 0) is 16.3 Å². The molecule has 1 aromatic carbocycles. The Balaban J connectivity index is 1.72. The highest BCUT2D eigenvalue weighted by Gasteiger charge is 2.28. The van der Waals surface area contributed by atoms with Gasteiger partial charge in [0.15, 0.2) is 9.84 Å². The van der Waals surface area contributed by atoms with Crippen LogP contribution in [0.15, 0.2) is 28.7 Å². The number of halogens is 1. The maximum atomic E-state index is 11.7. The lowest BCUT2D eigenvalue weighted by molar-refractivity contribution is 0.238. The molecule has 1 heterocycles. The molecule has 0 aromatic heterocycles. The van der Waals surface area contributed by atoms with Gasteiger partial charge in [0, 0.05) is 17.1 Å². The number of nitrogens with one attached hydrogen (secondary N) is 2. The van der Waals surface area contributed by atoms with Crippen LogP contribution in [0.5, 0.6) is 0 Å². The van der Waals surface area contributed by atoms with Gasteiger partial charge < -0.3 is 10.6 Å². The van der Waals surface area contributed by atoms with Gasteiger partial charge in [-0.3, -0.25) is 0 Å². The first-order valence-corrected chi connectivity index (χ1v) is 9.06. The standard InChI is InChI=1S/C13H17BrN2O3S/c14-12-4-2-1-3-10(12)5-7-15-13(17)16-11-6-8-20(18,19)9-11/h1-4,11H,5-9H2,(H2,15,16,17). The summed E-state index contributed by atoms with van der Waals surface area (Å²) in [6.07, 6.45) is 1.22. The summed E-state index contributed by atoms with van der Waals surface area (Å²) in [7, 11) is -2.96. The predicted molar refractivity (Wildman–Crippen MR) is 81.4 cm³/mol. The highest BCUT2D eigenvalue weighted by atomic mass is 79.9. The molecular formula is C13H17BrN2O3S. The number of carbonyl (C=O) groups excluding carboxylic acids is 1. The molecule has 1 atom stereocenters. The molecule has 2 N–H and O–H groups in total. The number of hydrogen-bond acceptors (Lipinski definition) is 3. The molecule has 110 valence electrons. The second kappa shape index (κ2) is 6.58. The van der Waals surface area contributed by atoms with Crippen molar-refractivity contribution in [3.63, 3.8) is 0 Å². The Morgan fingerprint density at radius 3 is 2.75 bits per heavy atom. The van der Waals surface area contributed by atoms with Crippen LogP contribution >= 0.6 is 15.9 Å². The molecule has 1 aromatic rings. The summed E-state index contributed by atoms with van der Waals surface area (Å²) in [5.41, 5.74) is 1.12. The lowest BCUT2D eigenvalue weighted by Crippen LogP contribution is -2.43. The third-order valence-corrected chi connectivity index (χ3v) is 5.75. The maximum Gasteiger partial charge on any atom is 0.315 e. The van der Waals surface area contributed by atoms with E-state index in [1.165, 1.54) is 0 Å². The number of hydrogen-bond donors (Lipinski definition) is 2. The molecular weight excluding hydrogens is 344 g/mol. The third kappa shape index (κ3) is 4.49. The van der Waals surface area contributed by atoms with Crippen molar-refractivity contribution in [2.45, 2.75) is 18.9 Å². The quantitative estimate of drug-likeness (QED) is 0.853. The van der Waals surface area contributed by atoms with E-state index < -0.39 is 9.84 Å². The van der Waals surface area contributed by atoms with E-state index in [1.807, 2.05) is 24.3 Å². The summed E-state index contributed by atoms with van der Waals surface area (Å²) in [6, 6.07) is 7.27. The average molecular weight is 361 g/mol. The van der Waals surface area contributed by atoms with Gasteiger partial charge in [0.2, 0.25) is 0 Å². The van der Waals surface area contributed by atoms with E-state index >= 15 is 0 Å². The summed E-state index contributed by atoms with van der Waals surface area (Å²) < 4.78 is 23.6. The van der Waals surface area contributed by atoms with E-state index in [2.05, 4.69) is 26.6 Å². The molecule has 2 rings (SSSR count). The van der Waals surface area contributed by atoms with E-state index in [0.29, 0.717) is 13.0 Å². The molecule has 5 nitrogen and oxygen atoms in total. The zero-order valence-electron chi connectivity index (χ0n) is 10.9. The van der Waals surface area contributed by atoms with Crippen molar-refractivity contribution in [2.24, 2.45) is 0 Å². The molecule has 0 spiro atoms. The van der Waals surface area contributed by atoms with Crippen LogP contribution in [0.25, 0.3) is 0 Å². The summed E-state index contributed by atoms with van der Waals surface area (Å²) in [6.45, 7) is 0.508. The summed E-state index contributed by atoms with van der Waals surface area (Å²) in [5, 5.41) is 5.44. The van der Waals surface area contributed by atoms with Crippen molar-refractivity contribution in [3.05, 3.63) is 34.3 Å². The molecule has 0 radical (unpaired) electrons. The van der Waals surface area contributed by atoms with Crippen molar-refractivity contribution in [1.29, 1.82) is 0 Å². The minimum absolute atomic E-state index is 0.0463. The largest absolute Gasteiger partial charge is 0.338 e. The molecule has 0 saturated carbocycles. The predicted octanol–water partition coefficient (Wildman–Crippen LogP) is 1.48. The first kappa shape index (κ1) is 15.3. The molecule has 2 amide bonds. The normalized spacial score (nSPS) is 20.6. The zero-order valence-corrected chi connectivity index (χ0v) is 13.3. The smallest absolute Gasteiger partial charge is 0.315 e. The summed E-state index contributed by atoms with van der Waals surface area (Å²) in [5.74, 6) is 0.208. The van der Waals surface area contributed by atoms with E-state index in [0.717, 1.165) is 16.5 Å². The molecule has 7 heteroatoms. The van der Waals surface area contributed by atoms with Gasteiger partial charge >= 0.3 is 6.03 Å². The van der Waals surface area contributed by atoms with Crippen molar-refractivity contribution < 1.29 is 13.2 Å². The van der Waals surface area contributed by atoms with Crippen LogP contribution < -0.4 is 10.6 Å². The highest BCUT2D eigenvalue weighted by Crippen LogP contribution is 2.15. The Hall–Kier alpha value is -1.08. The molecule has 1 aliphatic heterocycles. The van der Waals surface area contributed by atoms with Gasteiger partial charge in [0.25, 0.3) is 0 Å². The van der Waals surface area contributed by atoms with Gasteiger partial charge in [0.05, 0.1) is 11.5 Å². The number of amides is 2. The Morgan fingerprint density at radius 1 is 1.35 bits per heavy atom. The van der Waals surface area contributed by atoms with Crippen LogP contribution in [0, 0.1) is 0 Å². The first-order valence-electron chi connectivity index (χ1n) is 6.44. The van der Waals surface area contributed by atoms with Crippen LogP contribution in [0.4, 0.5) is 4.79 Å². The molecule has 1 saturated heterocycles. The van der Waals surface area contributed by atoms with Crippen LogP contribution in [-0.4, -0.2) is 38.5 Å². The molecule has 0 aliphatic carbocycles. The second-order valence-corrected chi connectivity index (χ2v) is 7.92. The number of carbonyl (C=O) groups is 1. The van der Waals surface area contributed by atoms with Gasteiger partial charge in [0.1, 0.15) is 0 Å². The highest BCUT2D eigenvalue weighted by molar-refractivity contribution is 9.10. The fraction of sp³-hybridized carbons (Fsp3) is 0.462. The Bertz CT molecular complexity index is 589. The molecule has 20 heavy (non-hydrogen) atoms. The van der Waals surface area contributed by atoms with Crippen molar-refractivity contribution in [1.82, 2.24) is 10.6 Å². The van der Waals surface area contributed by atoms with Gasteiger partial charge in [-0.25, -0.2) is 13.2 Å². The molecule has 1 aliphatic rings. The van der Waals surface area contributed by atoms with Crippen molar-refractivity contribution in [3.8, 4) is 0 Å². The zero-order chi connectivity index (χ0) is 14.6. The van der Waals surface area contributed by atoms with Crippen LogP contribution in [0.2, 0.25) is 0 Å². The number of sulfone groups is 1. The topological polar surface area (TPSA) is 75.3 Å². The molecule has 1 unspecified atom stereocenters. The van der Waals surface area contributed by atoms with Gasteiger partial charge in [-0.15, -0.1) is 0 Å². The minimum atomic E-state index is -2.96. The van der Waals surface area contributed by atoms with E-state index in [9.17, 15) is 13.2 Å². The lowest BCUT2D eigenvalue weighted by Gasteiger charge is -2.12. The Kier molecular flexibility index (Phi) is 5.04. The minimum Gasteiger partial charge on any atom is -0.338 e. The number of benzene rings is 1. The summed E-state index contributed by atoms with van der Waals surface area (Å²) in [4.78, 5) is 11.7. The van der Waals surface area contributed by atoms with E-state index in [4.69, 9.17) is 0 Å². The monoisotopic (exact) mass is 360 g/mol. The number of rotatable bonds is 4. The van der Waals surface area contributed by atoms with Gasteiger partial charge in [-0.1, -0.05) is 34.1 Å². The number of urea groups is 1. The van der Waals surface area contributed by atoms with Gasteiger partial charge in [-0.05, 0) is 24.5 Å². The lowest BCUT2D eigenvalue weighted by atomic mass is 10.1. The second-order valence-electron chi connectivity index (χ2n) is 4.84. The van der Waals surface area contributed by atoms with E-state index in [-0.39, 0.29) is 23.6 Å². The van der Waals surface area contributed by atoms with Crippen LogP contribution in [0.3, 0.4) is 0 Å². The maximum absolute atomic E-state index is 11.7. The average Bonchev–Trinajstić information content (AvgIpc) is 2.71.